The number of hydrogen-bond acceptors (Lipinski definition) is 0. The maximum atomic E-state index is 6.03. The first-order valence-corrected chi connectivity index (χ1v) is 5.69. The monoisotopic (exact) mass is 217 g/mol. The van der Waals surface area contributed by atoms with Crippen LogP contribution in [0.15, 0.2) is 24.3 Å². The van der Waals surface area contributed by atoms with E-state index in [1.54, 1.807) is 0 Å². The highest BCUT2D eigenvalue weighted by atomic mass is 35.5. The Bertz CT molecular complexity index is 537. The molecule has 3 rings (SSSR count). The normalized spacial score (nSPS) is 15.3. The fourth-order valence-corrected chi connectivity index (χ4v) is 2.42. The van der Waals surface area contributed by atoms with E-state index in [9.17, 15) is 0 Å². The van der Waals surface area contributed by atoms with Gasteiger partial charge in [-0.1, -0.05) is 17.7 Å². The Hall–Kier alpha value is -1.21. The lowest BCUT2D eigenvalue weighted by molar-refractivity contribution is 0.856. The number of nitrogens with one attached hydrogen (secondary N) is 1. The van der Waals surface area contributed by atoms with Crippen LogP contribution < -0.4 is 0 Å². The summed E-state index contributed by atoms with van der Waals surface area (Å²) in [6, 6.07) is 6.05. The second-order valence-corrected chi connectivity index (χ2v) is 4.44. The topological polar surface area (TPSA) is 15.8 Å². The molecule has 0 unspecified atom stereocenters. The zero-order valence-electron chi connectivity index (χ0n) is 8.39. The van der Waals surface area contributed by atoms with Gasteiger partial charge in [0.25, 0.3) is 0 Å². The van der Waals surface area contributed by atoms with E-state index in [-0.39, 0.29) is 0 Å². The highest BCUT2D eigenvalue weighted by molar-refractivity contribution is 6.31. The molecule has 1 heterocycles. The zero-order chi connectivity index (χ0) is 10.3. The molecule has 15 heavy (non-hydrogen) atoms. The van der Waals surface area contributed by atoms with Crippen LogP contribution >= 0.6 is 11.6 Å². The first-order chi connectivity index (χ1) is 7.34. The number of rotatable bonds is 0. The number of halogens is 1. The van der Waals surface area contributed by atoms with Crippen LogP contribution in [0.2, 0.25) is 5.02 Å². The van der Waals surface area contributed by atoms with E-state index in [1.807, 2.05) is 6.07 Å². The van der Waals surface area contributed by atoms with Crippen molar-refractivity contribution < 1.29 is 0 Å². The molecular weight excluding hydrogens is 206 g/mol. The number of aromatic amines is 1. The van der Waals surface area contributed by atoms with Gasteiger partial charge in [-0.2, -0.15) is 0 Å². The van der Waals surface area contributed by atoms with Crippen molar-refractivity contribution >= 4 is 28.6 Å². The molecule has 0 saturated heterocycles. The van der Waals surface area contributed by atoms with Gasteiger partial charge in [0.05, 0.1) is 0 Å². The molecule has 1 aromatic heterocycles. The van der Waals surface area contributed by atoms with Crippen LogP contribution in [0.25, 0.3) is 17.0 Å². The van der Waals surface area contributed by atoms with Crippen LogP contribution in [0.5, 0.6) is 0 Å². The van der Waals surface area contributed by atoms with Crippen LogP contribution in [0.4, 0.5) is 0 Å². The fraction of sp³-hybridized carbons (Fsp3) is 0.231. The van der Waals surface area contributed by atoms with Gasteiger partial charge < -0.3 is 4.98 Å². The van der Waals surface area contributed by atoms with Crippen molar-refractivity contribution in [2.75, 3.05) is 0 Å². The average Bonchev–Trinajstić information content (AvgIpc) is 2.44. The van der Waals surface area contributed by atoms with E-state index in [0.29, 0.717) is 0 Å². The summed E-state index contributed by atoms with van der Waals surface area (Å²) in [6.45, 7) is 0. The second kappa shape index (κ2) is 3.42. The average molecular weight is 218 g/mol. The highest BCUT2D eigenvalue weighted by Crippen LogP contribution is 2.29. The molecule has 0 atom stereocenters. The molecule has 1 aromatic carbocycles. The zero-order valence-corrected chi connectivity index (χ0v) is 9.14. The quantitative estimate of drug-likeness (QED) is 0.682. The number of H-pyrrole nitrogens is 1. The lowest BCUT2D eigenvalue weighted by Crippen LogP contribution is -1.83. The third kappa shape index (κ3) is 1.47. The molecule has 2 heteroatoms. The minimum atomic E-state index is 0.817. The third-order valence-corrected chi connectivity index (χ3v) is 3.22. The molecule has 0 aliphatic heterocycles. The van der Waals surface area contributed by atoms with Crippen molar-refractivity contribution in [1.82, 2.24) is 4.98 Å². The van der Waals surface area contributed by atoms with E-state index in [0.717, 1.165) is 11.4 Å². The first kappa shape index (κ1) is 9.05. The molecule has 1 nitrogen and oxygen atoms in total. The van der Waals surface area contributed by atoms with Crippen molar-refractivity contribution in [2.24, 2.45) is 0 Å². The second-order valence-electron chi connectivity index (χ2n) is 4.00. The van der Waals surface area contributed by atoms with E-state index < -0.39 is 0 Å². The van der Waals surface area contributed by atoms with Gasteiger partial charge in [-0.05, 0) is 49.1 Å². The standard InChI is InChI=1S/C13H12ClN/c14-9-6-7-13-11(8-9)10-4-2-1-3-5-12(10)15-13/h3,5-8,15H,1-2,4H2. The van der Waals surface area contributed by atoms with Crippen molar-refractivity contribution in [3.05, 3.63) is 40.6 Å². The molecule has 1 aliphatic carbocycles. The van der Waals surface area contributed by atoms with Crippen LogP contribution in [-0.4, -0.2) is 4.98 Å². The number of benzene rings is 1. The van der Waals surface area contributed by atoms with Crippen molar-refractivity contribution in [1.29, 1.82) is 0 Å². The first-order valence-electron chi connectivity index (χ1n) is 5.31. The lowest BCUT2D eigenvalue weighted by atomic mass is 10.1. The summed E-state index contributed by atoms with van der Waals surface area (Å²) < 4.78 is 0. The molecule has 0 bridgehead atoms. The molecule has 76 valence electrons. The summed E-state index contributed by atoms with van der Waals surface area (Å²) in [6.07, 6.45) is 7.97. The summed E-state index contributed by atoms with van der Waals surface area (Å²) in [5.41, 5.74) is 3.86. The van der Waals surface area contributed by atoms with Gasteiger partial charge in [0, 0.05) is 21.6 Å². The molecule has 0 radical (unpaired) electrons. The summed E-state index contributed by atoms with van der Waals surface area (Å²) in [5.74, 6) is 0. The number of hydrogen-bond donors (Lipinski definition) is 1. The predicted molar refractivity (Wildman–Crippen MR) is 65.3 cm³/mol. The van der Waals surface area contributed by atoms with E-state index in [1.165, 1.54) is 35.0 Å². The Morgan fingerprint density at radius 1 is 1.27 bits per heavy atom. The maximum absolute atomic E-state index is 6.03. The smallest absolute Gasteiger partial charge is 0.0462 e. The highest BCUT2D eigenvalue weighted by Gasteiger charge is 2.11. The summed E-state index contributed by atoms with van der Waals surface area (Å²) in [5, 5.41) is 2.10. The van der Waals surface area contributed by atoms with Gasteiger partial charge in [0.15, 0.2) is 0 Å². The van der Waals surface area contributed by atoms with E-state index in [2.05, 4.69) is 29.3 Å². The Labute approximate surface area is 93.8 Å². The molecule has 0 amide bonds. The molecule has 2 aromatic rings. The van der Waals surface area contributed by atoms with Gasteiger partial charge in [-0.3, -0.25) is 0 Å². The van der Waals surface area contributed by atoms with Crippen LogP contribution in [-0.2, 0) is 6.42 Å². The summed E-state index contributed by atoms with van der Waals surface area (Å²) >= 11 is 6.03. The predicted octanol–water partition coefficient (Wildman–Crippen LogP) is 4.17. The van der Waals surface area contributed by atoms with E-state index >= 15 is 0 Å². The van der Waals surface area contributed by atoms with Gasteiger partial charge in [0.1, 0.15) is 0 Å². The summed E-state index contributed by atoms with van der Waals surface area (Å²) in [7, 11) is 0. The maximum Gasteiger partial charge on any atom is 0.0462 e. The molecule has 0 spiro atoms. The van der Waals surface area contributed by atoms with Gasteiger partial charge in [0.2, 0.25) is 0 Å². The Morgan fingerprint density at radius 3 is 3.13 bits per heavy atom. The number of aryl methyl sites for hydroxylation is 1. The Kier molecular flexibility index (Phi) is 2.06. The molecule has 0 fully saturated rings. The Balaban J connectivity index is 2.32. The minimum Gasteiger partial charge on any atom is -0.355 e. The SMILES string of the molecule is Clc1ccc2[nH]c3c(c2c1)CCCC=C3. The summed E-state index contributed by atoms with van der Waals surface area (Å²) in [4.78, 5) is 3.44. The third-order valence-electron chi connectivity index (χ3n) is 2.98. The molecular formula is C13H12ClN. The van der Waals surface area contributed by atoms with Gasteiger partial charge in [-0.15, -0.1) is 0 Å². The van der Waals surface area contributed by atoms with Gasteiger partial charge in [-0.25, -0.2) is 0 Å². The lowest BCUT2D eigenvalue weighted by Gasteiger charge is -1.97. The number of allylic oxidation sites excluding steroid dienone is 1. The van der Waals surface area contributed by atoms with Crippen LogP contribution in [0.3, 0.4) is 0 Å². The largest absolute Gasteiger partial charge is 0.355 e. The van der Waals surface area contributed by atoms with Crippen molar-refractivity contribution in [3.63, 3.8) is 0 Å². The van der Waals surface area contributed by atoms with Crippen LogP contribution in [0, 0.1) is 0 Å². The van der Waals surface area contributed by atoms with Crippen molar-refractivity contribution in [3.8, 4) is 0 Å². The number of aromatic nitrogens is 1. The fourth-order valence-electron chi connectivity index (χ4n) is 2.25. The van der Waals surface area contributed by atoms with Crippen molar-refractivity contribution in [2.45, 2.75) is 19.3 Å². The van der Waals surface area contributed by atoms with E-state index in [4.69, 9.17) is 11.6 Å². The number of fused-ring (bicyclic) bond motifs is 3. The molecule has 0 saturated carbocycles. The van der Waals surface area contributed by atoms with Gasteiger partial charge >= 0.3 is 0 Å². The molecule has 1 aliphatic rings. The Morgan fingerprint density at radius 2 is 2.20 bits per heavy atom. The minimum absolute atomic E-state index is 0.817. The molecule has 1 N–H and O–H groups in total. The van der Waals surface area contributed by atoms with Crippen LogP contribution in [0.1, 0.15) is 24.1 Å².